The third kappa shape index (κ3) is 3.22. The first kappa shape index (κ1) is 11.9. The number of anilines is 2. The molecule has 1 aromatic rings. The normalized spacial score (nSPS) is 20.7. The summed E-state index contributed by atoms with van der Waals surface area (Å²) < 4.78 is 0. The molecular formula is C11H17N3S2. The lowest BCUT2D eigenvalue weighted by Crippen LogP contribution is -2.24. The largest absolute Gasteiger partial charge is 0.396 e. The lowest BCUT2D eigenvalue weighted by Gasteiger charge is -2.21. The fourth-order valence-corrected chi connectivity index (χ4v) is 4.19. The molecule has 16 heavy (non-hydrogen) atoms. The van der Waals surface area contributed by atoms with Crippen LogP contribution < -0.4 is 11.1 Å². The predicted octanol–water partition coefficient (Wildman–Crippen LogP) is 2.23. The first-order valence-corrected chi connectivity index (χ1v) is 7.62. The Kier molecular flexibility index (Phi) is 4.23. The number of nitrogens with one attached hydrogen (secondary N) is 1. The van der Waals surface area contributed by atoms with Crippen molar-refractivity contribution in [1.29, 1.82) is 0 Å². The summed E-state index contributed by atoms with van der Waals surface area (Å²) in [5.74, 6) is 4.60. The molecule has 0 amide bonds. The maximum absolute atomic E-state index is 5.87. The van der Waals surface area contributed by atoms with Crippen LogP contribution in [0.3, 0.4) is 0 Å². The fraction of sp³-hybridized carbons (Fsp3) is 0.545. The Morgan fingerprint density at radius 3 is 3.12 bits per heavy atom. The van der Waals surface area contributed by atoms with E-state index in [2.05, 4.69) is 10.3 Å². The van der Waals surface area contributed by atoms with E-state index >= 15 is 0 Å². The molecule has 0 saturated carbocycles. The van der Waals surface area contributed by atoms with Gasteiger partial charge >= 0.3 is 0 Å². The molecule has 1 aromatic heterocycles. The van der Waals surface area contributed by atoms with Gasteiger partial charge in [-0.15, -0.1) is 0 Å². The molecule has 1 aliphatic heterocycles. The van der Waals surface area contributed by atoms with Crippen LogP contribution in [0.25, 0.3) is 0 Å². The van der Waals surface area contributed by atoms with E-state index in [4.69, 9.17) is 5.73 Å². The molecule has 0 radical (unpaired) electrons. The number of nitrogen functional groups attached to an aromatic ring is 1. The van der Waals surface area contributed by atoms with Crippen molar-refractivity contribution in [2.24, 2.45) is 0 Å². The number of nitrogens with zero attached hydrogens (tertiary/aromatic N) is 1. The molecular weight excluding hydrogens is 238 g/mol. The topological polar surface area (TPSA) is 50.9 Å². The summed E-state index contributed by atoms with van der Waals surface area (Å²) in [5, 5.41) is 4.03. The van der Waals surface area contributed by atoms with E-state index in [1.165, 1.54) is 17.3 Å². The highest BCUT2D eigenvalue weighted by molar-refractivity contribution is 8.06. The molecule has 0 bridgehead atoms. The molecule has 1 aliphatic rings. The Bertz CT molecular complexity index is 351. The summed E-state index contributed by atoms with van der Waals surface area (Å²) in [4.78, 5) is 4.40. The molecule has 2 rings (SSSR count). The number of hydrogen-bond acceptors (Lipinski definition) is 5. The van der Waals surface area contributed by atoms with Gasteiger partial charge in [-0.2, -0.15) is 23.5 Å². The van der Waals surface area contributed by atoms with E-state index in [-0.39, 0.29) is 0 Å². The van der Waals surface area contributed by atoms with Crippen molar-refractivity contribution >= 4 is 35.0 Å². The Morgan fingerprint density at radius 2 is 2.38 bits per heavy atom. The molecule has 2 heterocycles. The number of rotatable bonds is 3. The zero-order valence-corrected chi connectivity index (χ0v) is 11.0. The molecule has 3 nitrogen and oxygen atoms in total. The first-order valence-electron chi connectivity index (χ1n) is 5.42. The summed E-state index contributed by atoms with van der Waals surface area (Å²) in [6.07, 6.45) is 0. The highest BCUT2D eigenvalue weighted by Gasteiger charge is 2.14. The van der Waals surface area contributed by atoms with Gasteiger partial charge in [-0.05, 0) is 19.1 Å². The third-order valence-corrected chi connectivity index (χ3v) is 5.29. The van der Waals surface area contributed by atoms with E-state index in [0.717, 1.165) is 23.7 Å². The lowest BCUT2D eigenvalue weighted by atomic mass is 10.3. The Balaban J connectivity index is 1.90. The van der Waals surface area contributed by atoms with Gasteiger partial charge in [-0.25, -0.2) is 4.98 Å². The zero-order chi connectivity index (χ0) is 11.4. The van der Waals surface area contributed by atoms with Crippen molar-refractivity contribution in [2.75, 3.05) is 34.9 Å². The molecule has 1 unspecified atom stereocenters. The molecule has 5 heteroatoms. The van der Waals surface area contributed by atoms with Crippen molar-refractivity contribution in [1.82, 2.24) is 4.98 Å². The van der Waals surface area contributed by atoms with Crippen molar-refractivity contribution in [3.63, 3.8) is 0 Å². The minimum Gasteiger partial charge on any atom is -0.396 e. The minimum absolute atomic E-state index is 0.681. The Morgan fingerprint density at radius 1 is 1.50 bits per heavy atom. The molecule has 0 aliphatic carbocycles. The highest BCUT2D eigenvalue weighted by atomic mass is 32.2. The number of nitrogens with two attached hydrogens (primary N) is 1. The highest BCUT2D eigenvalue weighted by Crippen LogP contribution is 2.24. The zero-order valence-electron chi connectivity index (χ0n) is 9.40. The van der Waals surface area contributed by atoms with Crippen LogP contribution in [0.2, 0.25) is 0 Å². The Labute approximate surface area is 105 Å². The van der Waals surface area contributed by atoms with Crippen LogP contribution >= 0.6 is 23.5 Å². The molecule has 1 saturated heterocycles. The number of aromatic nitrogens is 1. The molecule has 0 aromatic carbocycles. The van der Waals surface area contributed by atoms with Crippen molar-refractivity contribution in [3.05, 3.63) is 17.8 Å². The van der Waals surface area contributed by atoms with Crippen LogP contribution in [0.1, 0.15) is 5.69 Å². The standard InChI is InChI=1S/C11H17N3S2/c1-8-2-3-10(12)11(14-8)13-6-9-7-15-4-5-16-9/h2-3,9H,4-7,12H2,1H3,(H,13,14). The summed E-state index contributed by atoms with van der Waals surface area (Å²) in [7, 11) is 0. The van der Waals surface area contributed by atoms with E-state index in [1.807, 2.05) is 42.6 Å². The Hall–Kier alpha value is -0.550. The summed E-state index contributed by atoms with van der Waals surface area (Å²) in [6, 6.07) is 3.85. The van der Waals surface area contributed by atoms with Crippen LogP contribution in [0.15, 0.2) is 12.1 Å². The van der Waals surface area contributed by atoms with Crippen LogP contribution in [0.5, 0.6) is 0 Å². The quantitative estimate of drug-likeness (QED) is 0.867. The van der Waals surface area contributed by atoms with E-state index in [9.17, 15) is 0 Å². The molecule has 0 spiro atoms. The number of pyridine rings is 1. The van der Waals surface area contributed by atoms with Gasteiger partial charge in [0.2, 0.25) is 0 Å². The van der Waals surface area contributed by atoms with Crippen molar-refractivity contribution < 1.29 is 0 Å². The van der Waals surface area contributed by atoms with E-state index in [1.54, 1.807) is 0 Å². The maximum Gasteiger partial charge on any atom is 0.149 e. The van der Waals surface area contributed by atoms with E-state index in [0.29, 0.717) is 5.25 Å². The van der Waals surface area contributed by atoms with Gasteiger partial charge in [0.15, 0.2) is 0 Å². The van der Waals surface area contributed by atoms with Gasteiger partial charge in [0.05, 0.1) is 5.69 Å². The second-order valence-electron chi connectivity index (χ2n) is 3.84. The van der Waals surface area contributed by atoms with Crippen LogP contribution in [-0.2, 0) is 0 Å². The van der Waals surface area contributed by atoms with Crippen molar-refractivity contribution in [2.45, 2.75) is 12.2 Å². The molecule has 3 N–H and O–H groups in total. The number of aryl methyl sites for hydroxylation is 1. The smallest absolute Gasteiger partial charge is 0.149 e. The summed E-state index contributed by atoms with van der Waals surface area (Å²) in [5.41, 5.74) is 7.61. The summed E-state index contributed by atoms with van der Waals surface area (Å²) in [6.45, 7) is 2.94. The SMILES string of the molecule is Cc1ccc(N)c(NCC2CSCCS2)n1. The van der Waals surface area contributed by atoms with Gasteiger partial charge < -0.3 is 11.1 Å². The summed E-state index contributed by atoms with van der Waals surface area (Å²) >= 11 is 4.07. The first-order chi connectivity index (χ1) is 7.75. The van der Waals surface area contributed by atoms with Crippen LogP contribution in [-0.4, -0.2) is 34.0 Å². The predicted molar refractivity (Wildman–Crippen MR) is 75.4 cm³/mol. The van der Waals surface area contributed by atoms with Crippen LogP contribution in [0, 0.1) is 6.92 Å². The van der Waals surface area contributed by atoms with Crippen LogP contribution in [0.4, 0.5) is 11.5 Å². The maximum atomic E-state index is 5.87. The molecule has 1 fully saturated rings. The second kappa shape index (κ2) is 5.68. The average Bonchev–Trinajstić information content (AvgIpc) is 2.32. The van der Waals surface area contributed by atoms with E-state index < -0.39 is 0 Å². The molecule has 88 valence electrons. The third-order valence-electron chi connectivity index (χ3n) is 2.45. The average molecular weight is 255 g/mol. The number of thioether (sulfide) groups is 2. The van der Waals surface area contributed by atoms with Gasteiger partial charge in [0, 0.05) is 34.7 Å². The number of hydrogen-bond donors (Lipinski definition) is 2. The second-order valence-corrected chi connectivity index (χ2v) is 6.40. The fourth-order valence-electron chi connectivity index (χ4n) is 1.57. The van der Waals surface area contributed by atoms with Gasteiger partial charge in [0.1, 0.15) is 5.82 Å². The monoisotopic (exact) mass is 255 g/mol. The van der Waals surface area contributed by atoms with Gasteiger partial charge in [-0.1, -0.05) is 0 Å². The molecule has 1 atom stereocenters. The van der Waals surface area contributed by atoms with Gasteiger partial charge in [-0.3, -0.25) is 0 Å². The lowest BCUT2D eigenvalue weighted by molar-refractivity contribution is 0.990. The van der Waals surface area contributed by atoms with Crippen molar-refractivity contribution in [3.8, 4) is 0 Å². The van der Waals surface area contributed by atoms with Gasteiger partial charge in [0.25, 0.3) is 0 Å². The minimum atomic E-state index is 0.681.